The Morgan fingerprint density at radius 2 is 1.93 bits per heavy atom. The van der Waals surface area contributed by atoms with Gasteiger partial charge >= 0.3 is 11.9 Å². The van der Waals surface area contributed by atoms with Gasteiger partial charge in [0.2, 0.25) is 0 Å². The number of hydrogen-bond acceptors (Lipinski definition) is 6. The molecule has 1 fully saturated rings. The maximum atomic E-state index is 12.1. The van der Waals surface area contributed by atoms with E-state index in [1.807, 2.05) is 0 Å². The Morgan fingerprint density at radius 3 is 2.59 bits per heavy atom. The van der Waals surface area contributed by atoms with Crippen LogP contribution in [-0.2, 0) is 14.3 Å². The standard InChI is InChI=1S/C20H17BrCl2O6/c21-16-8-13(22)9-17(23)19(16)27-11-18(24)29-14-5-3-12(4-6-14)20(25)28-10-15-2-1-7-26-15/h3-6,8-9,15H,1-2,7,10-11H2. The minimum absolute atomic E-state index is 0.0339. The zero-order valence-electron chi connectivity index (χ0n) is 15.2. The molecule has 2 aromatic carbocycles. The molecule has 0 aromatic heterocycles. The van der Waals surface area contributed by atoms with E-state index in [-0.39, 0.29) is 35.8 Å². The van der Waals surface area contributed by atoms with Gasteiger partial charge in [-0.2, -0.15) is 0 Å². The minimum atomic E-state index is -0.628. The van der Waals surface area contributed by atoms with E-state index in [9.17, 15) is 9.59 Å². The fourth-order valence-electron chi connectivity index (χ4n) is 2.65. The summed E-state index contributed by atoms with van der Waals surface area (Å²) >= 11 is 15.2. The average Bonchev–Trinajstić information content (AvgIpc) is 3.19. The van der Waals surface area contributed by atoms with Crippen LogP contribution in [0, 0.1) is 0 Å². The van der Waals surface area contributed by atoms with Gasteiger partial charge in [0.1, 0.15) is 12.4 Å². The van der Waals surface area contributed by atoms with Crippen LogP contribution in [0.2, 0.25) is 10.0 Å². The highest BCUT2D eigenvalue weighted by Crippen LogP contribution is 2.36. The Bertz CT molecular complexity index is 858. The van der Waals surface area contributed by atoms with Gasteiger partial charge in [0.15, 0.2) is 12.4 Å². The largest absolute Gasteiger partial charge is 0.479 e. The van der Waals surface area contributed by atoms with E-state index >= 15 is 0 Å². The van der Waals surface area contributed by atoms with Gasteiger partial charge in [0, 0.05) is 11.6 Å². The van der Waals surface area contributed by atoms with Gasteiger partial charge in [-0.1, -0.05) is 23.2 Å². The number of carbonyl (C=O) groups is 2. The zero-order chi connectivity index (χ0) is 20.8. The van der Waals surface area contributed by atoms with Crippen molar-refractivity contribution in [3.8, 4) is 11.5 Å². The molecular weight excluding hydrogens is 487 g/mol. The molecule has 9 heteroatoms. The minimum Gasteiger partial charge on any atom is -0.479 e. The molecule has 2 aromatic rings. The first-order chi connectivity index (χ1) is 13.9. The lowest BCUT2D eigenvalue weighted by Gasteiger charge is -2.11. The first kappa shape index (κ1) is 21.9. The summed E-state index contributed by atoms with van der Waals surface area (Å²) in [7, 11) is 0. The molecule has 1 heterocycles. The van der Waals surface area contributed by atoms with Gasteiger partial charge in [-0.15, -0.1) is 0 Å². The highest BCUT2D eigenvalue weighted by Gasteiger charge is 2.18. The Labute approximate surface area is 186 Å². The summed E-state index contributed by atoms with van der Waals surface area (Å²) in [5, 5.41) is 0.703. The highest BCUT2D eigenvalue weighted by atomic mass is 79.9. The lowest BCUT2D eigenvalue weighted by molar-refractivity contribution is -0.136. The van der Waals surface area contributed by atoms with Gasteiger partial charge in [-0.25, -0.2) is 9.59 Å². The third-order valence-electron chi connectivity index (χ3n) is 4.04. The van der Waals surface area contributed by atoms with Crippen LogP contribution in [0.1, 0.15) is 23.2 Å². The third-order valence-corrected chi connectivity index (χ3v) is 5.13. The molecule has 154 valence electrons. The van der Waals surface area contributed by atoms with Crippen LogP contribution in [-0.4, -0.2) is 37.9 Å². The van der Waals surface area contributed by atoms with Crippen LogP contribution < -0.4 is 9.47 Å². The van der Waals surface area contributed by atoms with Crippen molar-refractivity contribution in [3.63, 3.8) is 0 Å². The second-order valence-corrected chi connectivity index (χ2v) is 7.92. The number of rotatable bonds is 7. The Hall–Kier alpha value is -1.80. The molecule has 29 heavy (non-hydrogen) atoms. The van der Waals surface area contributed by atoms with E-state index in [0.29, 0.717) is 21.7 Å². The van der Waals surface area contributed by atoms with Crippen molar-refractivity contribution in [3.05, 3.63) is 56.5 Å². The fourth-order valence-corrected chi connectivity index (χ4v) is 4.01. The van der Waals surface area contributed by atoms with Crippen molar-refractivity contribution in [2.75, 3.05) is 19.8 Å². The summed E-state index contributed by atoms with van der Waals surface area (Å²) in [6.07, 6.45) is 1.84. The van der Waals surface area contributed by atoms with E-state index in [1.165, 1.54) is 30.3 Å². The number of ether oxygens (including phenoxy) is 4. The predicted molar refractivity (Wildman–Crippen MR) is 111 cm³/mol. The second kappa shape index (κ2) is 10.3. The number of halogens is 3. The summed E-state index contributed by atoms with van der Waals surface area (Å²) in [5.74, 6) is -0.520. The maximum Gasteiger partial charge on any atom is 0.349 e. The molecule has 0 saturated carbocycles. The molecule has 1 unspecified atom stereocenters. The number of hydrogen-bond donors (Lipinski definition) is 0. The molecule has 1 aliphatic rings. The average molecular weight is 504 g/mol. The van der Waals surface area contributed by atoms with Crippen molar-refractivity contribution in [2.24, 2.45) is 0 Å². The molecule has 0 radical (unpaired) electrons. The van der Waals surface area contributed by atoms with Gasteiger partial charge in [-0.3, -0.25) is 0 Å². The Morgan fingerprint density at radius 1 is 1.17 bits per heavy atom. The van der Waals surface area contributed by atoms with Crippen molar-refractivity contribution < 1.29 is 28.5 Å². The quantitative estimate of drug-likeness (QED) is 0.387. The van der Waals surface area contributed by atoms with Crippen LogP contribution in [0.5, 0.6) is 11.5 Å². The Kier molecular flexibility index (Phi) is 7.77. The summed E-state index contributed by atoms with van der Waals surface area (Å²) in [4.78, 5) is 24.1. The number of benzene rings is 2. The predicted octanol–water partition coefficient (Wildman–Crippen LogP) is 5.08. The van der Waals surface area contributed by atoms with Gasteiger partial charge in [-0.05, 0) is 65.2 Å². The van der Waals surface area contributed by atoms with E-state index in [4.69, 9.17) is 42.1 Å². The van der Waals surface area contributed by atoms with E-state index in [2.05, 4.69) is 15.9 Å². The summed E-state index contributed by atoms with van der Waals surface area (Å²) in [5.41, 5.74) is 0.357. The highest BCUT2D eigenvalue weighted by molar-refractivity contribution is 9.10. The molecule has 0 spiro atoms. The molecule has 0 N–H and O–H groups in total. The SMILES string of the molecule is O=C(COc1c(Cl)cc(Cl)cc1Br)Oc1ccc(C(=O)OCC2CCCO2)cc1. The van der Waals surface area contributed by atoms with E-state index in [1.54, 1.807) is 6.07 Å². The molecule has 1 atom stereocenters. The van der Waals surface area contributed by atoms with Crippen molar-refractivity contribution in [1.29, 1.82) is 0 Å². The van der Waals surface area contributed by atoms with Gasteiger partial charge in [0.25, 0.3) is 0 Å². The van der Waals surface area contributed by atoms with E-state index in [0.717, 1.165) is 12.8 Å². The first-order valence-corrected chi connectivity index (χ1v) is 10.3. The zero-order valence-corrected chi connectivity index (χ0v) is 18.3. The molecule has 0 amide bonds. The first-order valence-electron chi connectivity index (χ1n) is 8.79. The summed E-state index contributed by atoms with van der Waals surface area (Å²) in [6, 6.07) is 9.16. The molecule has 0 bridgehead atoms. The van der Waals surface area contributed by atoms with Crippen molar-refractivity contribution in [1.82, 2.24) is 0 Å². The molecule has 6 nitrogen and oxygen atoms in total. The molecule has 1 saturated heterocycles. The van der Waals surface area contributed by atoms with Crippen LogP contribution >= 0.6 is 39.1 Å². The molecule has 3 rings (SSSR count). The van der Waals surface area contributed by atoms with Crippen LogP contribution in [0.15, 0.2) is 40.9 Å². The lowest BCUT2D eigenvalue weighted by Crippen LogP contribution is -2.18. The fraction of sp³-hybridized carbons (Fsp3) is 0.300. The molecule has 0 aliphatic carbocycles. The monoisotopic (exact) mass is 502 g/mol. The molecule has 1 aliphatic heterocycles. The van der Waals surface area contributed by atoms with Crippen LogP contribution in [0.4, 0.5) is 0 Å². The topological polar surface area (TPSA) is 71.1 Å². The van der Waals surface area contributed by atoms with Crippen molar-refractivity contribution in [2.45, 2.75) is 18.9 Å². The lowest BCUT2D eigenvalue weighted by atomic mass is 10.2. The maximum absolute atomic E-state index is 12.1. The van der Waals surface area contributed by atoms with Crippen LogP contribution in [0.3, 0.4) is 0 Å². The normalized spacial score (nSPS) is 15.8. The van der Waals surface area contributed by atoms with E-state index < -0.39 is 11.9 Å². The van der Waals surface area contributed by atoms with Crippen LogP contribution in [0.25, 0.3) is 0 Å². The second-order valence-electron chi connectivity index (χ2n) is 6.22. The van der Waals surface area contributed by atoms with Gasteiger partial charge in [0.05, 0.1) is 21.2 Å². The summed E-state index contributed by atoms with van der Waals surface area (Å²) < 4.78 is 21.8. The summed E-state index contributed by atoms with van der Waals surface area (Å²) in [6.45, 7) is 0.577. The third kappa shape index (κ3) is 6.34. The smallest absolute Gasteiger partial charge is 0.349 e. The Balaban J connectivity index is 1.48. The molecular formula is C20H17BrCl2O6. The van der Waals surface area contributed by atoms with Crippen molar-refractivity contribution >= 4 is 51.1 Å². The number of carbonyl (C=O) groups excluding carboxylic acids is 2. The number of esters is 2. The van der Waals surface area contributed by atoms with Gasteiger partial charge < -0.3 is 18.9 Å².